The molecule has 0 aliphatic carbocycles. The van der Waals surface area contributed by atoms with Crippen molar-refractivity contribution in [3.63, 3.8) is 0 Å². The maximum Gasteiger partial charge on any atom is 0.191 e. The van der Waals surface area contributed by atoms with Crippen molar-refractivity contribution in [2.24, 2.45) is 7.05 Å². The van der Waals surface area contributed by atoms with Crippen molar-refractivity contribution >= 4 is 34.7 Å². The Balaban J connectivity index is 1.37. The highest BCUT2D eigenvalue weighted by atomic mass is 35.5. The molecule has 0 saturated carbocycles. The van der Waals surface area contributed by atoms with Gasteiger partial charge >= 0.3 is 0 Å². The monoisotopic (exact) mass is 446 g/mol. The highest BCUT2D eigenvalue weighted by Gasteiger charge is 2.12. The molecule has 9 heteroatoms. The lowest BCUT2D eigenvalue weighted by atomic mass is 10.2. The molecule has 4 rings (SSSR count). The largest absolute Gasteiger partial charge is 0.484 e. The maximum atomic E-state index is 13.1. The Labute approximate surface area is 180 Å². The number of hydrogen-bond donors (Lipinski definition) is 0. The Kier molecular flexibility index (Phi) is 6.13. The van der Waals surface area contributed by atoms with E-state index < -0.39 is 0 Å². The summed E-state index contributed by atoms with van der Waals surface area (Å²) in [6, 6.07) is 13.7. The smallest absolute Gasteiger partial charge is 0.191 e. The van der Waals surface area contributed by atoms with Crippen LogP contribution in [0.15, 0.2) is 59.1 Å². The third-order valence-corrected chi connectivity index (χ3v) is 6.42. The molecule has 0 aliphatic rings. The van der Waals surface area contributed by atoms with E-state index in [1.165, 1.54) is 23.5 Å². The van der Waals surface area contributed by atoms with E-state index in [1.54, 1.807) is 30.0 Å². The molecule has 0 fully saturated rings. The average molecular weight is 447 g/mol. The number of thiazole rings is 1. The number of halogens is 2. The van der Waals surface area contributed by atoms with Crippen LogP contribution in [0.25, 0.3) is 10.6 Å². The van der Waals surface area contributed by atoms with Crippen molar-refractivity contribution in [3.8, 4) is 16.3 Å². The first kappa shape index (κ1) is 19.9. The van der Waals surface area contributed by atoms with Crippen LogP contribution in [0.5, 0.6) is 5.75 Å². The number of para-hydroxylation sites is 1. The molecule has 148 valence electrons. The highest BCUT2D eigenvalue weighted by molar-refractivity contribution is 7.98. The number of ether oxygens (including phenoxy) is 1. The van der Waals surface area contributed by atoms with E-state index in [0.717, 1.165) is 21.4 Å². The van der Waals surface area contributed by atoms with Crippen molar-refractivity contribution in [1.82, 2.24) is 19.7 Å². The second-order valence-corrected chi connectivity index (χ2v) is 8.32. The molecule has 4 aromatic rings. The van der Waals surface area contributed by atoms with Gasteiger partial charge in [0.1, 0.15) is 23.2 Å². The van der Waals surface area contributed by atoms with Crippen LogP contribution >= 0.6 is 34.7 Å². The molecule has 29 heavy (non-hydrogen) atoms. The zero-order chi connectivity index (χ0) is 20.2. The maximum absolute atomic E-state index is 13.1. The fourth-order valence-electron chi connectivity index (χ4n) is 2.54. The lowest BCUT2D eigenvalue weighted by Crippen LogP contribution is -2.04. The van der Waals surface area contributed by atoms with E-state index in [9.17, 15) is 4.39 Å². The Hall–Kier alpha value is -2.42. The van der Waals surface area contributed by atoms with Gasteiger partial charge in [-0.1, -0.05) is 35.5 Å². The molecule has 0 aliphatic heterocycles. The van der Waals surface area contributed by atoms with Gasteiger partial charge in [0.05, 0.1) is 10.7 Å². The Morgan fingerprint density at radius 1 is 1.14 bits per heavy atom. The molecule has 0 radical (unpaired) electrons. The van der Waals surface area contributed by atoms with Gasteiger partial charge in [0.15, 0.2) is 11.0 Å². The molecule has 2 aromatic carbocycles. The van der Waals surface area contributed by atoms with Crippen molar-refractivity contribution in [2.45, 2.75) is 17.5 Å². The van der Waals surface area contributed by atoms with E-state index in [0.29, 0.717) is 22.3 Å². The average Bonchev–Trinajstić information content (AvgIpc) is 3.33. The quantitative estimate of drug-likeness (QED) is 0.346. The second kappa shape index (κ2) is 8.94. The molecule has 0 spiro atoms. The van der Waals surface area contributed by atoms with Gasteiger partial charge < -0.3 is 9.30 Å². The second-order valence-electron chi connectivity index (χ2n) is 6.12. The first-order valence-corrected chi connectivity index (χ1v) is 10.9. The molecule has 0 atom stereocenters. The van der Waals surface area contributed by atoms with Gasteiger partial charge in [-0.15, -0.1) is 21.5 Å². The van der Waals surface area contributed by atoms with Gasteiger partial charge in [-0.05, 0) is 36.4 Å². The number of hydrogen-bond acceptors (Lipinski definition) is 6. The topological polar surface area (TPSA) is 52.8 Å². The molecule has 0 saturated heterocycles. The molecular formula is C20H16ClFN4OS2. The highest BCUT2D eigenvalue weighted by Crippen LogP contribution is 2.28. The van der Waals surface area contributed by atoms with Crippen LogP contribution in [0.4, 0.5) is 4.39 Å². The number of benzene rings is 2. The summed E-state index contributed by atoms with van der Waals surface area (Å²) in [7, 11) is 1.90. The lowest BCUT2D eigenvalue weighted by Gasteiger charge is -2.07. The first-order chi connectivity index (χ1) is 14.1. The van der Waals surface area contributed by atoms with Crippen molar-refractivity contribution < 1.29 is 9.13 Å². The number of thioether (sulfide) groups is 1. The normalized spacial score (nSPS) is 11.0. The minimum Gasteiger partial charge on any atom is -0.484 e. The summed E-state index contributed by atoms with van der Waals surface area (Å²) in [5.41, 5.74) is 1.85. The standard InChI is InChI=1S/C20H16ClFN4OS2/c1-26-18(10-27-17-5-3-2-4-16(17)21)24-25-20(26)29-12-15-11-28-19(23-15)13-6-8-14(22)9-7-13/h2-9,11H,10,12H2,1H3. The van der Waals surface area contributed by atoms with E-state index in [-0.39, 0.29) is 12.4 Å². The summed E-state index contributed by atoms with van der Waals surface area (Å²) in [4.78, 5) is 4.63. The summed E-state index contributed by atoms with van der Waals surface area (Å²) < 4.78 is 20.7. The molecule has 5 nitrogen and oxygen atoms in total. The van der Waals surface area contributed by atoms with E-state index >= 15 is 0 Å². The fourth-order valence-corrected chi connectivity index (χ4v) is 4.48. The number of nitrogens with zero attached hydrogens (tertiary/aromatic N) is 4. The minimum atomic E-state index is -0.252. The molecule has 0 bridgehead atoms. The van der Waals surface area contributed by atoms with Gasteiger partial charge in [0.25, 0.3) is 0 Å². The number of aromatic nitrogens is 4. The van der Waals surface area contributed by atoms with E-state index in [4.69, 9.17) is 16.3 Å². The van der Waals surface area contributed by atoms with Gasteiger partial charge in [-0.3, -0.25) is 0 Å². The molecule has 0 N–H and O–H groups in total. The summed E-state index contributed by atoms with van der Waals surface area (Å²) in [6.45, 7) is 0.277. The summed E-state index contributed by atoms with van der Waals surface area (Å²) in [5.74, 6) is 1.73. The summed E-state index contributed by atoms with van der Waals surface area (Å²) in [5, 5.41) is 12.6. The summed E-state index contributed by atoms with van der Waals surface area (Å²) in [6.07, 6.45) is 0. The number of rotatable bonds is 7. The van der Waals surface area contributed by atoms with Crippen LogP contribution < -0.4 is 4.74 Å². The van der Waals surface area contributed by atoms with E-state index in [2.05, 4.69) is 15.2 Å². The molecule has 2 aromatic heterocycles. The van der Waals surface area contributed by atoms with Crippen LogP contribution in [-0.2, 0) is 19.4 Å². The van der Waals surface area contributed by atoms with Crippen LogP contribution in [0.3, 0.4) is 0 Å². The van der Waals surface area contributed by atoms with Gasteiger partial charge in [-0.2, -0.15) is 0 Å². The van der Waals surface area contributed by atoms with E-state index in [1.807, 2.05) is 35.2 Å². The molecule has 2 heterocycles. The van der Waals surface area contributed by atoms with Gasteiger partial charge in [-0.25, -0.2) is 9.37 Å². The van der Waals surface area contributed by atoms with Crippen LogP contribution in [0.2, 0.25) is 5.02 Å². The van der Waals surface area contributed by atoms with Crippen LogP contribution in [-0.4, -0.2) is 19.7 Å². The SMILES string of the molecule is Cn1c(COc2ccccc2Cl)nnc1SCc1csc(-c2ccc(F)cc2)n1. The van der Waals surface area contributed by atoms with Crippen LogP contribution in [0, 0.1) is 5.82 Å². The van der Waals surface area contributed by atoms with Crippen LogP contribution in [0.1, 0.15) is 11.5 Å². The third kappa shape index (κ3) is 4.77. The predicted octanol–water partition coefficient (Wildman–Crippen LogP) is 5.60. The Bertz CT molecular complexity index is 1110. The van der Waals surface area contributed by atoms with Crippen molar-refractivity contribution in [3.05, 3.63) is 76.3 Å². The first-order valence-electron chi connectivity index (χ1n) is 8.69. The van der Waals surface area contributed by atoms with Crippen molar-refractivity contribution in [1.29, 1.82) is 0 Å². The van der Waals surface area contributed by atoms with Gasteiger partial charge in [0.2, 0.25) is 0 Å². The third-order valence-electron chi connectivity index (χ3n) is 4.11. The summed E-state index contributed by atoms with van der Waals surface area (Å²) >= 11 is 9.20. The minimum absolute atomic E-state index is 0.252. The Morgan fingerprint density at radius 3 is 2.72 bits per heavy atom. The molecule has 0 unspecified atom stereocenters. The lowest BCUT2D eigenvalue weighted by molar-refractivity contribution is 0.290. The Morgan fingerprint density at radius 2 is 1.93 bits per heavy atom. The predicted molar refractivity (Wildman–Crippen MR) is 114 cm³/mol. The van der Waals surface area contributed by atoms with Crippen molar-refractivity contribution in [2.75, 3.05) is 0 Å². The molecule has 0 amide bonds. The molecular weight excluding hydrogens is 431 g/mol. The zero-order valence-electron chi connectivity index (χ0n) is 15.4. The van der Waals surface area contributed by atoms with Gasteiger partial charge in [0, 0.05) is 23.7 Å². The zero-order valence-corrected chi connectivity index (χ0v) is 17.8. The fraction of sp³-hybridized carbons (Fsp3) is 0.150.